The van der Waals surface area contributed by atoms with Crippen molar-refractivity contribution in [2.75, 3.05) is 13.1 Å². The molecule has 1 saturated heterocycles. The molecule has 2 saturated carbocycles. The van der Waals surface area contributed by atoms with Crippen molar-refractivity contribution in [2.45, 2.75) is 65.1 Å². The number of hydrogen-bond acceptors (Lipinski definition) is 3. The monoisotopic (exact) mass is 369 g/mol. The van der Waals surface area contributed by atoms with E-state index < -0.39 is 0 Å². The maximum Gasteiger partial charge on any atom is 0.221 e. The number of piperidine rings is 1. The van der Waals surface area contributed by atoms with Crippen LogP contribution in [0.2, 0.25) is 0 Å². The number of hydrogen-bond donors (Lipinski definition) is 2. The fourth-order valence-corrected chi connectivity index (χ4v) is 6.15. The fraction of sp³-hybridized carbons (Fsp3) is 0.696. The molecule has 1 aromatic carbocycles. The third-order valence-electron chi connectivity index (χ3n) is 7.59. The Bertz CT molecular complexity index is 686. The Morgan fingerprint density at radius 2 is 2.04 bits per heavy atom. The molecule has 3 aliphatic rings. The van der Waals surface area contributed by atoms with E-state index in [0.29, 0.717) is 11.5 Å². The molecule has 4 rings (SSSR count). The van der Waals surface area contributed by atoms with Crippen molar-refractivity contribution in [3.63, 3.8) is 0 Å². The minimum atomic E-state index is -0.147. The van der Waals surface area contributed by atoms with Crippen molar-refractivity contribution in [2.24, 2.45) is 28.9 Å². The lowest BCUT2D eigenvalue weighted by Crippen LogP contribution is -2.61. The van der Waals surface area contributed by atoms with Crippen LogP contribution >= 0.6 is 0 Å². The lowest BCUT2D eigenvalue weighted by Gasteiger charge is -2.56. The number of rotatable bonds is 6. The third kappa shape index (κ3) is 3.79. The van der Waals surface area contributed by atoms with Gasteiger partial charge in [0, 0.05) is 25.7 Å². The highest BCUT2D eigenvalue weighted by atomic mass is 16.1. The second-order valence-corrected chi connectivity index (χ2v) is 9.68. The van der Waals surface area contributed by atoms with E-state index >= 15 is 0 Å². The molecule has 0 bridgehead atoms. The largest absolute Gasteiger partial charge is 0.369 e. The van der Waals surface area contributed by atoms with Crippen LogP contribution in [0.15, 0.2) is 24.3 Å². The second-order valence-electron chi connectivity index (χ2n) is 9.68. The summed E-state index contributed by atoms with van der Waals surface area (Å²) < 4.78 is 0. The molecule has 3 N–H and O–H groups in total. The van der Waals surface area contributed by atoms with Crippen LogP contribution in [0, 0.1) is 23.2 Å². The van der Waals surface area contributed by atoms with Gasteiger partial charge in [0.2, 0.25) is 5.91 Å². The number of nitrogens with one attached hydrogen (secondary N) is 1. The van der Waals surface area contributed by atoms with Gasteiger partial charge in [-0.3, -0.25) is 9.69 Å². The molecular formula is C23H35N3O. The number of likely N-dealkylation sites (tertiary alicyclic amines) is 1. The highest BCUT2D eigenvalue weighted by Gasteiger charge is 2.57. The van der Waals surface area contributed by atoms with E-state index in [2.05, 4.69) is 48.3 Å². The number of nitrogens with two attached hydrogens (primary N) is 1. The molecule has 4 nitrogen and oxygen atoms in total. The van der Waals surface area contributed by atoms with Crippen LogP contribution in [0.1, 0.15) is 57.1 Å². The molecule has 1 aromatic rings. The van der Waals surface area contributed by atoms with E-state index in [1.54, 1.807) is 0 Å². The van der Waals surface area contributed by atoms with E-state index in [0.717, 1.165) is 50.9 Å². The fourth-order valence-electron chi connectivity index (χ4n) is 6.15. The Hall–Kier alpha value is -1.39. The molecule has 0 spiro atoms. The first-order chi connectivity index (χ1) is 12.9. The van der Waals surface area contributed by atoms with Crippen molar-refractivity contribution in [3.05, 3.63) is 35.4 Å². The standard InChI is InChI=1S/C23H35N3O/c1-23(2)20-10-4-9-19(20)21(23)25-13-16-6-3-7-17(12-16)14-26-11-5-8-18(15-26)22(24)27/h3,6-7,12,18-21,25H,4-5,8-11,13-15H2,1-2H3,(H2,24,27)/t18?,19-,20+,21?/m1/s1. The topological polar surface area (TPSA) is 58.4 Å². The highest BCUT2D eigenvalue weighted by molar-refractivity contribution is 5.76. The number of fused-ring (bicyclic) bond motifs is 1. The first-order valence-corrected chi connectivity index (χ1v) is 10.8. The summed E-state index contributed by atoms with van der Waals surface area (Å²) in [5.74, 6) is 1.69. The molecule has 4 atom stereocenters. The molecule has 0 aromatic heterocycles. The Morgan fingerprint density at radius 3 is 2.85 bits per heavy atom. The lowest BCUT2D eigenvalue weighted by atomic mass is 9.53. The Kier molecular flexibility index (Phi) is 5.30. The van der Waals surface area contributed by atoms with Crippen molar-refractivity contribution in [1.82, 2.24) is 10.2 Å². The summed E-state index contributed by atoms with van der Waals surface area (Å²) in [6.45, 7) is 8.62. The third-order valence-corrected chi connectivity index (χ3v) is 7.59. The predicted octanol–water partition coefficient (Wildman–Crippen LogP) is 3.30. The Labute approximate surface area is 163 Å². The summed E-state index contributed by atoms with van der Waals surface area (Å²) >= 11 is 0. The molecule has 4 heteroatoms. The Morgan fingerprint density at radius 1 is 1.22 bits per heavy atom. The Balaban J connectivity index is 1.33. The normalized spacial score (nSPS) is 32.7. The van der Waals surface area contributed by atoms with Crippen LogP contribution in [0.3, 0.4) is 0 Å². The average Bonchev–Trinajstić information content (AvgIpc) is 3.09. The summed E-state index contributed by atoms with van der Waals surface area (Å²) in [5, 5.41) is 3.88. The van der Waals surface area contributed by atoms with Gasteiger partial charge in [0.25, 0.3) is 0 Å². The van der Waals surface area contributed by atoms with E-state index in [9.17, 15) is 4.79 Å². The van der Waals surface area contributed by atoms with Gasteiger partial charge in [0.1, 0.15) is 0 Å². The maximum atomic E-state index is 11.5. The van der Waals surface area contributed by atoms with Crippen molar-refractivity contribution in [1.29, 1.82) is 0 Å². The number of benzene rings is 1. The number of carbonyl (C=O) groups excluding carboxylic acids is 1. The number of nitrogens with zero attached hydrogens (tertiary/aromatic N) is 1. The zero-order chi connectivity index (χ0) is 19.0. The molecule has 148 valence electrons. The predicted molar refractivity (Wildman–Crippen MR) is 109 cm³/mol. The van der Waals surface area contributed by atoms with Crippen LogP contribution in [0.5, 0.6) is 0 Å². The average molecular weight is 370 g/mol. The van der Waals surface area contributed by atoms with Crippen LogP contribution in [-0.4, -0.2) is 29.9 Å². The zero-order valence-electron chi connectivity index (χ0n) is 16.9. The SMILES string of the molecule is CC1(C)C(NCc2cccc(CN3CCCC(C(N)=O)C3)c2)[C@@H]2CCC[C@@H]21. The van der Waals surface area contributed by atoms with E-state index in [1.165, 1.54) is 30.4 Å². The number of carbonyl (C=O) groups is 1. The summed E-state index contributed by atoms with van der Waals surface area (Å²) in [6.07, 6.45) is 6.24. The van der Waals surface area contributed by atoms with Crippen LogP contribution < -0.4 is 11.1 Å². The van der Waals surface area contributed by atoms with E-state index in [1.807, 2.05) is 0 Å². The van der Waals surface area contributed by atoms with Gasteiger partial charge in [-0.1, -0.05) is 44.5 Å². The van der Waals surface area contributed by atoms with Gasteiger partial charge >= 0.3 is 0 Å². The van der Waals surface area contributed by atoms with Crippen LogP contribution in [-0.2, 0) is 17.9 Å². The molecule has 2 aliphatic carbocycles. The van der Waals surface area contributed by atoms with Gasteiger partial charge in [-0.05, 0) is 60.6 Å². The molecule has 1 aliphatic heterocycles. The van der Waals surface area contributed by atoms with Gasteiger partial charge < -0.3 is 11.1 Å². The molecule has 3 fully saturated rings. The van der Waals surface area contributed by atoms with Crippen LogP contribution in [0.4, 0.5) is 0 Å². The van der Waals surface area contributed by atoms with Crippen molar-refractivity contribution >= 4 is 5.91 Å². The summed E-state index contributed by atoms with van der Waals surface area (Å²) in [7, 11) is 0. The maximum absolute atomic E-state index is 11.5. The van der Waals surface area contributed by atoms with Gasteiger partial charge in [0.05, 0.1) is 5.92 Å². The number of primary amides is 1. The zero-order valence-corrected chi connectivity index (χ0v) is 16.9. The summed E-state index contributed by atoms with van der Waals surface area (Å²) in [5.41, 5.74) is 8.67. The summed E-state index contributed by atoms with van der Waals surface area (Å²) in [4.78, 5) is 13.9. The van der Waals surface area contributed by atoms with Gasteiger partial charge in [0.15, 0.2) is 0 Å². The summed E-state index contributed by atoms with van der Waals surface area (Å²) in [6, 6.07) is 9.60. The van der Waals surface area contributed by atoms with Crippen molar-refractivity contribution in [3.8, 4) is 0 Å². The molecular weight excluding hydrogens is 334 g/mol. The molecule has 27 heavy (non-hydrogen) atoms. The van der Waals surface area contributed by atoms with Crippen molar-refractivity contribution < 1.29 is 4.79 Å². The van der Waals surface area contributed by atoms with Gasteiger partial charge in [-0.25, -0.2) is 0 Å². The first-order valence-electron chi connectivity index (χ1n) is 10.8. The van der Waals surface area contributed by atoms with E-state index in [-0.39, 0.29) is 11.8 Å². The van der Waals surface area contributed by atoms with E-state index in [4.69, 9.17) is 5.73 Å². The molecule has 0 radical (unpaired) electrons. The lowest BCUT2D eigenvalue weighted by molar-refractivity contribution is -0.123. The minimum absolute atomic E-state index is 0.0174. The molecule has 1 amide bonds. The van der Waals surface area contributed by atoms with Crippen LogP contribution in [0.25, 0.3) is 0 Å². The minimum Gasteiger partial charge on any atom is -0.369 e. The first kappa shape index (κ1) is 18.9. The van der Waals surface area contributed by atoms with Gasteiger partial charge in [-0.2, -0.15) is 0 Å². The second kappa shape index (κ2) is 7.56. The number of amides is 1. The quantitative estimate of drug-likeness (QED) is 0.809. The highest BCUT2D eigenvalue weighted by Crippen LogP contribution is 2.58. The molecule has 2 unspecified atom stereocenters. The molecule has 1 heterocycles. The smallest absolute Gasteiger partial charge is 0.221 e. The van der Waals surface area contributed by atoms with Gasteiger partial charge in [-0.15, -0.1) is 0 Å².